The fourth-order valence-electron chi connectivity index (χ4n) is 1.38. The van der Waals surface area contributed by atoms with Gasteiger partial charge in [0.1, 0.15) is 5.82 Å². The molecule has 0 unspecified atom stereocenters. The molecule has 0 spiro atoms. The van der Waals surface area contributed by atoms with Crippen LogP contribution in [-0.4, -0.2) is 18.1 Å². The highest BCUT2D eigenvalue weighted by Gasteiger charge is 2.27. The molecular weight excluding hydrogens is 228 g/mol. The van der Waals surface area contributed by atoms with Gasteiger partial charge in [0.25, 0.3) is 0 Å². The Labute approximate surface area is 87.1 Å². The van der Waals surface area contributed by atoms with E-state index in [-0.39, 0.29) is 0 Å². The Morgan fingerprint density at radius 1 is 1.46 bits per heavy atom. The molecule has 1 aromatic heterocycles. The Morgan fingerprint density at radius 2 is 2.15 bits per heavy atom. The molecule has 1 fully saturated rings. The molecule has 1 aliphatic rings. The van der Waals surface area contributed by atoms with Crippen molar-refractivity contribution < 1.29 is 0 Å². The van der Waals surface area contributed by atoms with Crippen molar-refractivity contribution in [2.45, 2.75) is 25.8 Å². The average Bonchev–Trinajstić information content (AvgIpc) is 2.91. The van der Waals surface area contributed by atoms with Crippen LogP contribution in [0.1, 0.15) is 18.5 Å². The normalized spacial score (nSPS) is 15.9. The zero-order valence-electron chi connectivity index (χ0n) is 7.92. The van der Waals surface area contributed by atoms with Gasteiger partial charge in [-0.2, -0.15) is 0 Å². The van der Waals surface area contributed by atoms with E-state index in [2.05, 4.69) is 45.0 Å². The van der Waals surface area contributed by atoms with Crippen LogP contribution in [0.4, 0.5) is 5.82 Å². The number of aromatic nitrogens is 1. The van der Waals surface area contributed by atoms with Crippen molar-refractivity contribution in [2.24, 2.45) is 0 Å². The van der Waals surface area contributed by atoms with Crippen LogP contribution in [0.3, 0.4) is 0 Å². The van der Waals surface area contributed by atoms with Crippen molar-refractivity contribution in [2.75, 3.05) is 11.9 Å². The van der Waals surface area contributed by atoms with Gasteiger partial charge in [0, 0.05) is 17.6 Å². The molecule has 0 saturated heterocycles. The maximum absolute atomic E-state index is 4.51. The molecule has 2 rings (SSSR count). The SMILES string of the molecule is Cc1nc(N(C)C2CC2)ccc1Br. The number of anilines is 1. The highest BCUT2D eigenvalue weighted by atomic mass is 79.9. The fourth-order valence-corrected chi connectivity index (χ4v) is 1.60. The van der Waals surface area contributed by atoms with Crippen LogP contribution in [0.5, 0.6) is 0 Å². The van der Waals surface area contributed by atoms with E-state index in [1.165, 1.54) is 12.8 Å². The molecule has 70 valence electrons. The lowest BCUT2D eigenvalue weighted by Crippen LogP contribution is -2.20. The predicted molar refractivity (Wildman–Crippen MR) is 58.1 cm³/mol. The Hall–Kier alpha value is -0.570. The zero-order valence-corrected chi connectivity index (χ0v) is 9.50. The maximum atomic E-state index is 4.51. The second-order valence-electron chi connectivity index (χ2n) is 3.58. The largest absolute Gasteiger partial charge is 0.357 e. The lowest BCUT2D eigenvalue weighted by atomic mass is 10.3. The van der Waals surface area contributed by atoms with Gasteiger partial charge < -0.3 is 4.90 Å². The summed E-state index contributed by atoms with van der Waals surface area (Å²) < 4.78 is 1.08. The number of pyridine rings is 1. The van der Waals surface area contributed by atoms with Crippen LogP contribution in [0.25, 0.3) is 0 Å². The smallest absolute Gasteiger partial charge is 0.128 e. The van der Waals surface area contributed by atoms with E-state index in [0.717, 1.165) is 22.0 Å². The summed E-state index contributed by atoms with van der Waals surface area (Å²) in [5.41, 5.74) is 1.06. The molecule has 2 nitrogen and oxygen atoms in total. The van der Waals surface area contributed by atoms with Gasteiger partial charge in [-0.3, -0.25) is 0 Å². The molecule has 0 aromatic carbocycles. The number of hydrogen-bond acceptors (Lipinski definition) is 2. The summed E-state index contributed by atoms with van der Waals surface area (Å²) in [5.74, 6) is 1.09. The Morgan fingerprint density at radius 3 is 2.69 bits per heavy atom. The first-order valence-electron chi connectivity index (χ1n) is 4.54. The number of aryl methyl sites for hydroxylation is 1. The molecule has 0 bridgehead atoms. The summed E-state index contributed by atoms with van der Waals surface area (Å²) in [5, 5.41) is 0. The predicted octanol–water partition coefficient (Wildman–Crippen LogP) is 2.75. The summed E-state index contributed by atoms with van der Waals surface area (Å²) >= 11 is 3.45. The van der Waals surface area contributed by atoms with Crippen molar-refractivity contribution in [1.82, 2.24) is 4.98 Å². The quantitative estimate of drug-likeness (QED) is 0.791. The second-order valence-corrected chi connectivity index (χ2v) is 4.43. The molecule has 13 heavy (non-hydrogen) atoms. The third-order valence-electron chi connectivity index (χ3n) is 2.46. The second kappa shape index (κ2) is 3.29. The van der Waals surface area contributed by atoms with Crippen molar-refractivity contribution in [3.8, 4) is 0 Å². The van der Waals surface area contributed by atoms with Crippen molar-refractivity contribution >= 4 is 21.7 Å². The number of rotatable bonds is 2. The van der Waals surface area contributed by atoms with Crippen LogP contribution in [0, 0.1) is 6.92 Å². The van der Waals surface area contributed by atoms with Gasteiger partial charge in [0.05, 0.1) is 5.69 Å². The first-order chi connectivity index (χ1) is 6.18. The van der Waals surface area contributed by atoms with Gasteiger partial charge in [-0.15, -0.1) is 0 Å². The van der Waals surface area contributed by atoms with Crippen LogP contribution in [-0.2, 0) is 0 Å². The fraction of sp³-hybridized carbons (Fsp3) is 0.500. The van der Waals surface area contributed by atoms with E-state index in [1.807, 2.05) is 6.92 Å². The van der Waals surface area contributed by atoms with Crippen molar-refractivity contribution in [3.05, 3.63) is 22.3 Å². The summed E-state index contributed by atoms with van der Waals surface area (Å²) in [4.78, 5) is 6.78. The standard InChI is InChI=1S/C10H13BrN2/c1-7-9(11)5-6-10(12-7)13(2)8-3-4-8/h5-6,8H,3-4H2,1-2H3. The van der Waals surface area contributed by atoms with Crippen LogP contribution in [0.15, 0.2) is 16.6 Å². The van der Waals surface area contributed by atoms with Gasteiger partial charge in [-0.05, 0) is 47.8 Å². The van der Waals surface area contributed by atoms with E-state index in [9.17, 15) is 0 Å². The summed E-state index contributed by atoms with van der Waals surface area (Å²) in [6, 6.07) is 4.86. The topological polar surface area (TPSA) is 16.1 Å². The molecule has 1 aromatic rings. The number of hydrogen-bond donors (Lipinski definition) is 0. The van der Waals surface area contributed by atoms with Gasteiger partial charge in [0.2, 0.25) is 0 Å². The van der Waals surface area contributed by atoms with Gasteiger partial charge in [0.15, 0.2) is 0 Å². The maximum Gasteiger partial charge on any atom is 0.128 e. The third kappa shape index (κ3) is 1.85. The molecule has 0 atom stereocenters. The van der Waals surface area contributed by atoms with E-state index in [4.69, 9.17) is 0 Å². The Kier molecular flexibility index (Phi) is 2.28. The molecule has 1 heterocycles. The lowest BCUT2D eigenvalue weighted by molar-refractivity contribution is 0.885. The Balaban J connectivity index is 2.24. The number of nitrogens with zero attached hydrogens (tertiary/aromatic N) is 2. The minimum Gasteiger partial charge on any atom is -0.357 e. The first kappa shape index (κ1) is 9.00. The molecule has 1 aliphatic carbocycles. The average molecular weight is 241 g/mol. The molecule has 3 heteroatoms. The van der Waals surface area contributed by atoms with Gasteiger partial charge in [-0.1, -0.05) is 0 Å². The molecule has 1 saturated carbocycles. The molecule has 0 amide bonds. The lowest BCUT2D eigenvalue weighted by Gasteiger charge is -2.17. The van der Waals surface area contributed by atoms with E-state index >= 15 is 0 Å². The van der Waals surface area contributed by atoms with E-state index < -0.39 is 0 Å². The number of halogens is 1. The van der Waals surface area contributed by atoms with E-state index in [1.54, 1.807) is 0 Å². The molecular formula is C10H13BrN2. The Bertz CT molecular complexity index is 321. The highest BCUT2D eigenvalue weighted by molar-refractivity contribution is 9.10. The summed E-state index contributed by atoms with van der Waals surface area (Å²) in [6.07, 6.45) is 2.63. The minimum atomic E-state index is 0.730. The van der Waals surface area contributed by atoms with Crippen molar-refractivity contribution in [1.29, 1.82) is 0 Å². The van der Waals surface area contributed by atoms with Crippen LogP contribution >= 0.6 is 15.9 Å². The highest BCUT2D eigenvalue weighted by Crippen LogP contribution is 2.29. The summed E-state index contributed by atoms with van der Waals surface area (Å²) in [6.45, 7) is 2.02. The van der Waals surface area contributed by atoms with Crippen LogP contribution < -0.4 is 4.90 Å². The molecule has 0 aliphatic heterocycles. The third-order valence-corrected chi connectivity index (χ3v) is 3.30. The zero-order chi connectivity index (χ0) is 9.42. The van der Waals surface area contributed by atoms with E-state index in [0.29, 0.717) is 0 Å². The van der Waals surface area contributed by atoms with Crippen LogP contribution in [0.2, 0.25) is 0 Å². The van der Waals surface area contributed by atoms with Gasteiger partial charge in [-0.25, -0.2) is 4.98 Å². The first-order valence-corrected chi connectivity index (χ1v) is 5.34. The van der Waals surface area contributed by atoms with Gasteiger partial charge >= 0.3 is 0 Å². The molecule has 0 radical (unpaired) electrons. The minimum absolute atomic E-state index is 0.730. The molecule has 0 N–H and O–H groups in total. The summed E-state index contributed by atoms with van der Waals surface area (Å²) in [7, 11) is 2.12. The van der Waals surface area contributed by atoms with Crippen molar-refractivity contribution in [3.63, 3.8) is 0 Å². The monoisotopic (exact) mass is 240 g/mol.